The van der Waals surface area contributed by atoms with Crippen LogP contribution in [0.2, 0.25) is 0 Å². The van der Waals surface area contributed by atoms with E-state index < -0.39 is 5.97 Å². The maximum absolute atomic E-state index is 10.6. The standard InChI is InChI=1S/C20H33NO2.C2H4O2/c21-15-17-8-12-19(13-9-17)20(23)18-10-6-16(7-11-18)5-3-1-2-4-14-22;1-2(3)4/h6-7,10-11,17,19-20,22-23H,1-5,8-9,12-15,21H2;1H3,(H,3,4). The van der Waals surface area contributed by atoms with Gasteiger partial charge < -0.3 is 21.1 Å². The van der Waals surface area contributed by atoms with Gasteiger partial charge in [0.15, 0.2) is 0 Å². The molecule has 5 nitrogen and oxygen atoms in total. The van der Waals surface area contributed by atoms with Crippen molar-refractivity contribution in [2.45, 2.75) is 70.8 Å². The van der Waals surface area contributed by atoms with E-state index in [0.29, 0.717) is 18.4 Å². The first-order valence-electron chi connectivity index (χ1n) is 10.2. The second kappa shape index (κ2) is 13.7. The molecule has 0 saturated heterocycles. The van der Waals surface area contributed by atoms with Crippen LogP contribution in [-0.4, -0.2) is 34.4 Å². The number of aryl methyl sites for hydroxylation is 1. The smallest absolute Gasteiger partial charge is 0.300 e. The van der Waals surface area contributed by atoms with Crippen LogP contribution in [0.25, 0.3) is 0 Å². The predicted molar refractivity (Wildman–Crippen MR) is 108 cm³/mol. The number of rotatable bonds is 9. The highest BCUT2D eigenvalue weighted by Crippen LogP contribution is 2.36. The van der Waals surface area contributed by atoms with Crippen molar-refractivity contribution in [1.29, 1.82) is 0 Å². The Morgan fingerprint density at radius 1 is 1.07 bits per heavy atom. The number of carboxylic acid groups (broad SMARTS) is 1. The number of hydrogen-bond donors (Lipinski definition) is 4. The van der Waals surface area contributed by atoms with Crippen molar-refractivity contribution >= 4 is 5.97 Å². The van der Waals surface area contributed by atoms with Crippen molar-refractivity contribution in [1.82, 2.24) is 0 Å². The van der Waals surface area contributed by atoms with E-state index in [1.54, 1.807) is 0 Å². The molecule has 1 saturated carbocycles. The van der Waals surface area contributed by atoms with E-state index in [4.69, 9.17) is 20.7 Å². The average molecular weight is 380 g/mol. The first kappa shape index (κ1) is 23.6. The highest BCUT2D eigenvalue weighted by atomic mass is 16.4. The molecular formula is C22H37NO4. The van der Waals surface area contributed by atoms with Gasteiger partial charge in [-0.1, -0.05) is 37.1 Å². The molecule has 1 fully saturated rings. The summed E-state index contributed by atoms with van der Waals surface area (Å²) in [5, 5.41) is 26.8. The first-order chi connectivity index (χ1) is 13.0. The van der Waals surface area contributed by atoms with Crippen LogP contribution in [0.4, 0.5) is 0 Å². The molecule has 0 amide bonds. The fourth-order valence-corrected chi connectivity index (χ4v) is 3.69. The van der Waals surface area contributed by atoms with E-state index in [-0.39, 0.29) is 6.10 Å². The van der Waals surface area contributed by atoms with Gasteiger partial charge in [-0.15, -0.1) is 0 Å². The molecule has 154 valence electrons. The lowest BCUT2D eigenvalue weighted by atomic mass is 9.78. The van der Waals surface area contributed by atoms with E-state index in [1.165, 1.54) is 18.4 Å². The van der Waals surface area contributed by atoms with Crippen molar-refractivity contribution in [3.63, 3.8) is 0 Å². The minimum Gasteiger partial charge on any atom is -0.481 e. The number of nitrogens with two attached hydrogens (primary N) is 1. The third-order valence-corrected chi connectivity index (χ3v) is 5.37. The van der Waals surface area contributed by atoms with Crippen LogP contribution < -0.4 is 5.73 Å². The summed E-state index contributed by atoms with van der Waals surface area (Å²) in [6, 6.07) is 8.53. The third kappa shape index (κ3) is 9.89. The molecule has 0 bridgehead atoms. The molecular weight excluding hydrogens is 342 g/mol. The molecule has 0 heterocycles. The van der Waals surface area contributed by atoms with Crippen LogP contribution in [0.5, 0.6) is 0 Å². The van der Waals surface area contributed by atoms with Crippen LogP contribution in [0, 0.1) is 11.8 Å². The monoisotopic (exact) mass is 379 g/mol. The summed E-state index contributed by atoms with van der Waals surface area (Å²) in [6.07, 6.45) is 9.63. The van der Waals surface area contributed by atoms with Crippen molar-refractivity contribution in [3.8, 4) is 0 Å². The first-order valence-corrected chi connectivity index (χ1v) is 10.2. The zero-order valence-corrected chi connectivity index (χ0v) is 16.6. The Kier molecular flexibility index (Phi) is 12.0. The summed E-state index contributed by atoms with van der Waals surface area (Å²) in [7, 11) is 0. The highest BCUT2D eigenvalue weighted by molar-refractivity contribution is 5.62. The van der Waals surface area contributed by atoms with E-state index in [1.807, 2.05) is 0 Å². The molecule has 27 heavy (non-hydrogen) atoms. The molecule has 1 aliphatic carbocycles. The number of aliphatic hydroxyl groups excluding tert-OH is 2. The van der Waals surface area contributed by atoms with E-state index in [9.17, 15) is 5.11 Å². The molecule has 1 unspecified atom stereocenters. The summed E-state index contributed by atoms with van der Waals surface area (Å²) in [4.78, 5) is 9.00. The van der Waals surface area contributed by atoms with Crippen LogP contribution >= 0.6 is 0 Å². The number of carbonyl (C=O) groups is 1. The molecule has 0 aliphatic heterocycles. The second-order valence-corrected chi connectivity index (χ2v) is 7.61. The topological polar surface area (TPSA) is 104 Å². The Labute approximate surface area is 163 Å². The lowest BCUT2D eigenvalue weighted by molar-refractivity contribution is -0.134. The van der Waals surface area contributed by atoms with Gasteiger partial charge in [-0.25, -0.2) is 0 Å². The number of unbranched alkanes of at least 4 members (excludes halogenated alkanes) is 3. The fourth-order valence-electron chi connectivity index (χ4n) is 3.69. The van der Waals surface area contributed by atoms with Gasteiger partial charge in [-0.05, 0) is 74.5 Å². The predicted octanol–water partition coefficient (Wildman–Crippen LogP) is 3.67. The Hall–Kier alpha value is -1.43. The van der Waals surface area contributed by atoms with E-state index in [0.717, 1.165) is 64.0 Å². The molecule has 0 spiro atoms. The maximum Gasteiger partial charge on any atom is 0.300 e. The SMILES string of the molecule is CC(=O)O.NCC1CCC(C(O)c2ccc(CCCCCCO)cc2)CC1. The molecule has 0 aromatic heterocycles. The Morgan fingerprint density at radius 3 is 2.15 bits per heavy atom. The third-order valence-electron chi connectivity index (χ3n) is 5.37. The summed E-state index contributed by atoms with van der Waals surface area (Å²) < 4.78 is 0. The molecule has 1 aromatic carbocycles. The quantitative estimate of drug-likeness (QED) is 0.490. The van der Waals surface area contributed by atoms with Crippen molar-refractivity contribution in [2.24, 2.45) is 17.6 Å². The minimum absolute atomic E-state index is 0.305. The Bertz CT molecular complexity index is 506. The molecule has 2 rings (SSSR count). The van der Waals surface area contributed by atoms with Gasteiger partial charge in [0.05, 0.1) is 6.10 Å². The fraction of sp³-hybridized carbons (Fsp3) is 0.682. The summed E-state index contributed by atoms with van der Waals surface area (Å²) in [5.41, 5.74) is 8.15. The summed E-state index contributed by atoms with van der Waals surface area (Å²) >= 11 is 0. The van der Waals surface area contributed by atoms with E-state index in [2.05, 4.69) is 24.3 Å². The van der Waals surface area contributed by atoms with Crippen molar-refractivity contribution in [2.75, 3.05) is 13.2 Å². The van der Waals surface area contributed by atoms with Crippen LogP contribution in [-0.2, 0) is 11.2 Å². The van der Waals surface area contributed by atoms with Gasteiger partial charge in [0, 0.05) is 13.5 Å². The summed E-state index contributed by atoms with van der Waals surface area (Å²) in [5.74, 6) is 0.216. The van der Waals surface area contributed by atoms with Gasteiger partial charge >= 0.3 is 0 Å². The van der Waals surface area contributed by atoms with Crippen LogP contribution in [0.15, 0.2) is 24.3 Å². The average Bonchev–Trinajstić information content (AvgIpc) is 2.67. The summed E-state index contributed by atoms with van der Waals surface area (Å²) in [6.45, 7) is 2.18. The van der Waals surface area contributed by atoms with Gasteiger partial charge in [-0.2, -0.15) is 0 Å². The van der Waals surface area contributed by atoms with Gasteiger partial charge in [0.25, 0.3) is 5.97 Å². The zero-order valence-electron chi connectivity index (χ0n) is 16.6. The van der Waals surface area contributed by atoms with Gasteiger partial charge in [-0.3, -0.25) is 4.79 Å². The molecule has 5 N–H and O–H groups in total. The highest BCUT2D eigenvalue weighted by Gasteiger charge is 2.26. The minimum atomic E-state index is -0.833. The van der Waals surface area contributed by atoms with Crippen LogP contribution in [0.1, 0.15) is 75.5 Å². The Balaban J connectivity index is 0.000000828. The number of aliphatic carboxylic acids is 1. The molecule has 1 aromatic rings. The lowest BCUT2D eigenvalue weighted by Crippen LogP contribution is -2.24. The zero-order chi connectivity index (χ0) is 20.1. The lowest BCUT2D eigenvalue weighted by Gasteiger charge is -2.31. The number of aliphatic hydroxyl groups is 2. The van der Waals surface area contributed by atoms with E-state index >= 15 is 0 Å². The Morgan fingerprint density at radius 2 is 1.63 bits per heavy atom. The molecule has 1 atom stereocenters. The second-order valence-electron chi connectivity index (χ2n) is 7.61. The number of carboxylic acids is 1. The van der Waals surface area contributed by atoms with Crippen molar-refractivity contribution < 1.29 is 20.1 Å². The largest absolute Gasteiger partial charge is 0.481 e. The normalized spacial score (nSPS) is 20.4. The maximum atomic E-state index is 10.6. The van der Waals surface area contributed by atoms with Gasteiger partial charge in [0.2, 0.25) is 0 Å². The number of benzene rings is 1. The van der Waals surface area contributed by atoms with Crippen molar-refractivity contribution in [3.05, 3.63) is 35.4 Å². The van der Waals surface area contributed by atoms with Crippen LogP contribution in [0.3, 0.4) is 0 Å². The van der Waals surface area contributed by atoms with Gasteiger partial charge in [0.1, 0.15) is 0 Å². The molecule has 0 radical (unpaired) electrons. The molecule has 1 aliphatic rings. The number of hydrogen-bond acceptors (Lipinski definition) is 4. The molecule has 5 heteroatoms.